The van der Waals surface area contributed by atoms with Crippen molar-refractivity contribution in [2.75, 3.05) is 7.05 Å². The molecule has 2 atom stereocenters. The summed E-state index contributed by atoms with van der Waals surface area (Å²) in [7, 11) is 1.51. The maximum absolute atomic E-state index is 13.8. The van der Waals surface area contributed by atoms with E-state index in [0.717, 1.165) is 6.42 Å². The van der Waals surface area contributed by atoms with Crippen LogP contribution in [0.5, 0.6) is 5.75 Å². The van der Waals surface area contributed by atoms with Gasteiger partial charge in [-0.25, -0.2) is 4.39 Å². The van der Waals surface area contributed by atoms with Gasteiger partial charge >= 0.3 is 0 Å². The Morgan fingerprint density at radius 1 is 1.53 bits per heavy atom. The zero-order valence-electron chi connectivity index (χ0n) is 11.6. The number of nitrogens with two attached hydrogens (primary N) is 1. The minimum atomic E-state index is -0.751. The molecule has 106 valence electrons. The van der Waals surface area contributed by atoms with Gasteiger partial charge in [-0.15, -0.1) is 0 Å². The Morgan fingerprint density at radius 2 is 2.21 bits per heavy atom. The van der Waals surface area contributed by atoms with Gasteiger partial charge in [-0.05, 0) is 31.4 Å². The number of likely N-dealkylation sites (N-methyl/N-ethyl adjacent to an activating group) is 1. The molecule has 1 aromatic rings. The molecule has 0 fully saturated rings. The van der Waals surface area contributed by atoms with Gasteiger partial charge in [0.2, 0.25) is 0 Å². The Labute approximate surface area is 113 Å². The maximum atomic E-state index is 13.8. The van der Waals surface area contributed by atoms with Crippen LogP contribution in [0.2, 0.25) is 0 Å². The van der Waals surface area contributed by atoms with E-state index in [1.165, 1.54) is 13.1 Å². The monoisotopic (exact) mass is 268 g/mol. The lowest BCUT2D eigenvalue weighted by Gasteiger charge is -2.18. The molecule has 0 saturated carbocycles. The minimum absolute atomic E-state index is 0.0561. The highest BCUT2D eigenvalue weighted by molar-refractivity contribution is 5.80. The predicted molar refractivity (Wildman–Crippen MR) is 72.5 cm³/mol. The summed E-state index contributed by atoms with van der Waals surface area (Å²) in [6, 6.07) is 4.64. The van der Waals surface area contributed by atoms with Crippen molar-refractivity contribution in [3.05, 3.63) is 29.6 Å². The molecule has 1 amide bonds. The molecule has 4 nitrogen and oxygen atoms in total. The van der Waals surface area contributed by atoms with E-state index in [1.54, 1.807) is 19.1 Å². The van der Waals surface area contributed by atoms with Crippen molar-refractivity contribution >= 4 is 5.91 Å². The molecule has 0 aliphatic carbocycles. The first-order valence-electron chi connectivity index (χ1n) is 6.40. The van der Waals surface area contributed by atoms with Crippen LogP contribution in [0.15, 0.2) is 18.2 Å². The molecule has 5 heteroatoms. The van der Waals surface area contributed by atoms with Crippen molar-refractivity contribution in [3.8, 4) is 5.75 Å². The number of ether oxygens (including phenoxy) is 1. The number of hydrogen-bond donors (Lipinski definition) is 2. The molecule has 0 aliphatic rings. The number of para-hydroxylation sites is 1. The zero-order valence-corrected chi connectivity index (χ0v) is 11.6. The normalized spacial score (nSPS) is 13.7. The lowest BCUT2D eigenvalue weighted by Crippen LogP contribution is -2.34. The summed E-state index contributed by atoms with van der Waals surface area (Å²) < 4.78 is 19.3. The van der Waals surface area contributed by atoms with Gasteiger partial charge in [0.05, 0.1) is 0 Å². The molecule has 19 heavy (non-hydrogen) atoms. The van der Waals surface area contributed by atoms with E-state index in [4.69, 9.17) is 10.5 Å². The van der Waals surface area contributed by atoms with E-state index in [0.29, 0.717) is 12.0 Å². The Balaban J connectivity index is 2.94. The number of halogens is 1. The van der Waals surface area contributed by atoms with Crippen LogP contribution in [0.25, 0.3) is 0 Å². The Kier molecular flexibility index (Phi) is 5.76. The second-order valence-corrected chi connectivity index (χ2v) is 4.47. The average molecular weight is 268 g/mol. The van der Waals surface area contributed by atoms with Crippen molar-refractivity contribution < 1.29 is 13.9 Å². The zero-order chi connectivity index (χ0) is 14.4. The van der Waals surface area contributed by atoms with Gasteiger partial charge in [-0.1, -0.05) is 19.1 Å². The van der Waals surface area contributed by atoms with Crippen LogP contribution in [0, 0.1) is 5.82 Å². The van der Waals surface area contributed by atoms with Crippen LogP contribution in [0.1, 0.15) is 25.8 Å². The van der Waals surface area contributed by atoms with E-state index >= 15 is 0 Å². The van der Waals surface area contributed by atoms with Crippen LogP contribution < -0.4 is 15.8 Å². The second-order valence-electron chi connectivity index (χ2n) is 4.47. The molecule has 0 spiro atoms. The van der Waals surface area contributed by atoms with E-state index in [2.05, 4.69) is 5.32 Å². The third kappa shape index (κ3) is 4.21. The largest absolute Gasteiger partial charge is 0.478 e. The summed E-state index contributed by atoms with van der Waals surface area (Å²) in [4.78, 5) is 11.4. The number of benzene rings is 1. The molecule has 1 aromatic carbocycles. The van der Waals surface area contributed by atoms with Crippen molar-refractivity contribution in [2.24, 2.45) is 5.73 Å². The van der Waals surface area contributed by atoms with Gasteiger partial charge < -0.3 is 15.8 Å². The molecule has 1 rings (SSSR count). The highest BCUT2D eigenvalue weighted by Crippen LogP contribution is 2.25. The summed E-state index contributed by atoms with van der Waals surface area (Å²) >= 11 is 0. The van der Waals surface area contributed by atoms with Gasteiger partial charge in [0.1, 0.15) is 0 Å². The molecule has 0 heterocycles. The molecule has 0 aromatic heterocycles. The molecule has 3 N–H and O–H groups in total. The third-order valence-corrected chi connectivity index (χ3v) is 2.97. The molecular formula is C14H21FN2O2. The molecule has 0 radical (unpaired) electrons. The first-order valence-corrected chi connectivity index (χ1v) is 6.40. The number of carbonyl (C=O) groups is 1. The molecule has 2 unspecified atom stereocenters. The van der Waals surface area contributed by atoms with E-state index in [-0.39, 0.29) is 17.7 Å². The topological polar surface area (TPSA) is 64.3 Å². The summed E-state index contributed by atoms with van der Waals surface area (Å²) in [5.41, 5.74) is 6.57. The first kappa shape index (κ1) is 15.4. The Hall–Kier alpha value is -1.62. The fourth-order valence-electron chi connectivity index (χ4n) is 1.71. The SMILES string of the molecule is CCC(N)Cc1cccc(F)c1OC(C)C(=O)NC. The van der Waals surface area contributed by atoms with Crippen molar-refractivity contribution in [1.82, 2.24) is 5.32 Å². The highest BCUT2D eigenvalue weighted by Gasteiger charge is 2.18. The average Bonchev–Trinajstić information content (AvgIpc) is 2.41. The van der Waals surface area contributed by atoms with Gasteiger partial charge in [0.25, 0.3) is 5.91 Å². The van der Waals surface area contributed by atoms with Crippen molar-refractivity contribution in [1.29, 1.82) is 0 Å². The van der Waals surface area contributed by atoms with Crippen LogP contribution in [0.3, 0.4) is 0 Å². The van der Waals surface area contributed by atoms with E-state index in [1.807, 2.05) is 6.92 Å². The molecule has 0 saturated heterocycles. The lowest BCUT2D eigenvalue weighted by atomic mass is 10.0. The predicted octanol–water partition coefficient (Wildman–Crippen LogP) is 1.62. The first-order chi connectivity index (χ1) is 8.99. The van der Waals surface area contributed by atoms with E-state index < -0.39 is 11.9 Å². The van der Waals surface area contributed by atoms with E-state index in [9.17, 15) is 9.18 Å². The number of carbonyl (C=O) groups excluding carboxylic acids is 1. The van der Waals surface area contributed by atoms with Crippen LogP contribution in [-0.4, -0.2) is 25.1 Å². The Bertz CT molecular complexity index is 437. The van der Waals surface area contributed by atoms with Gasteiger partial charge in [0.15, 0.2) is 17.7 Å². The molecule has 0 bridgehead atoms. The minimum Gasteiger partial charge on any atom is -0.478 e. The Morgan fingerprint density at radius 3 is 2.79 bits per heavy atom. The maximum Gasteiger partial charge on any atom is 0.260 e. The van der Waals surface area contributed by atoms with Gasteiger partial charge in [0, 0.05) is 13.1 Å². The van der Waals surface area contributed by atoms with Crippen molar-refractivity contribution in [2.45, 2.75) is 38.8 Å². The summed E-state index contributed by atoms with van der Waals surface area (Å²) in [5, 5.41) is 2.46. The van der Waals surface area contributed by atoms with Crippen LogP contribution in [0.4, 0.5) is 4.39 Å². The third-order valence-electron chi connectivity index (χ3n) is 2.97. The fourth-order valence-corrected chi connectivity index (χ4v) is 1.71. The summed E-state index contributed by atoms with van der Waals surface area (Å²) in [5.74, 6) is -0.659. The summed E-state index contributed by atoms with van der Waals surface area (Å²) in [6.07, 6.45) is 0.559. The smallest absolute Gasteiger partial charge is 0.260 e. The number of amides is 1. The number of nitrogens with one attached hydrogen (secondary N) is 1. The van der Waals surface area contributed by atoms with Gasteiger partial charge in [-0.3, -0.25) is 4.79 Å². The lowest BCUT2D eigenvalue weighted by molar-refractivity contribution is -0.126. The number of hydrogen-bond acceptors (Lipinski definition) is 3. The highest BCUT2D eigenvalue weighted by atomic mass is 19.1. The van der Waals surface area contributed by atoms with Gasteiger partial charge in [-0.2, -0.15) is 0 Å². The van der Waals surface area contributed by atoms with Crippen LogP contribution >= 0.6 is 0 Å². The quantitative estimate of drug-likeness (QED) is 0.824. The standard InChI is InChI=1S/C14H21FN2O2/c1-4-11(16)8-10-6-5-7-12(15)13(10)19-9(2)14(18)17-3/h5-7,9,11H,4,8,16H2,1-3H3,(H,17,18). The van der Waals surface area contributed by atoms with Crippen molar-refractivity contribution in [3.63, 3.8) is 0 Å². The molecule has 0 aliphatic heterocycles. The fraction of sp³-hybridized carbons (Fsp3) is 0.500. The number of rotatable bonds is 6. The van der Waals surface area contributed by atoms with Crippen LogP contribution in [-0.2, 0) is 11.2 Å². The molecular weight excluding hydrogens is 247 g/mol. The second kappa shape index (κ2) is 7.09. The summed E-state index contributed by atoms with van der Waals surface area (Å²) in [6.45, 7) is 3.55.